The summed E-state index contributed by atoms with van der Waals surface area (Å²) >= 11 is 0. The van der Waals surface area contributed by atoms with Gasteiger partial charge in [0.05, 0.1) is 4.99 Å². The quantitative estimate of drug-likeness (QED) is 0.354. The molecule has 0 saturated carbocycles. The maximum atomic E-state index is 4.22. The van der Waals surface area contributed by atoms with Crippen LogP contribution in [0.15, 0.2) is 0 Å². The SMILES string of the molecule is C1=[N+]COO1. The summed E-state index contributed by atoms with van der Waals surface area (Å²) in [6.07, 6.45) is 1.26. The van der Waals surface area contributed by atoms with Gasteiger partial charge in [0.2, 0.25) is 0 Å². The minimum atomic E-state index is 0.347. The molecule has 1 rings (SSSR count). The Labute approximate surface area is 29.2 Å². The van der Waals surface area contributed by atoms with Crippen molar-refractivity contribution in [3.63, 3.8) is 0 Å². The standard InChI is InChI=1S/C2H3NO2/c1-3-2-5-4-1/h1H,2H2/q+1. The van der Waals surface area contributed by atoms with Crippen LogP contribution in [0.5, 0.6) is 0 Å². The van der Waals surface area contributed by atoms with E-state index in [0.29, 0.717) is 6.73 Å². The zero-order valence-electron chi connectivity index (χ0n) is 2.55. The van der Waals surface area contributed by atoms with Gasteiger partial charge in [-0.15, -0.1) is 4.89 Å². The van der Waals surface area contributed by atoms with Crippen LogP contribution < -0.4 is 4.99 Å². The molecule has 0 unspecified atom stereocenters. The van der Waals surface area contributed by atoms with Crippen molar-refractivity contribution in [2.75, 3.05) is 6.73 Å². The fourth-order valence-electron chi connectivity index (χ4n) is 0.152. The van der Waals surface area contributed by atoms with Crippen molar-refractivity contribution in [1.29, 1.82) is 0 Å². The molecular formula is C2H3NO2+. The Morgan fingerprint density at radius 1 is 1.80 bits per heavy atom. The second kappa shape index (κ2) is 1.03. The predicted molar refractivity (Wildman–Crippen MR) is 15.2 cm³/mol. The Morgan fingerprint density at radius 2 is 2.80 bits per heavy atom. The van der Waals surface area contributed by atoms with E-state index in [2.05, 4.69) is 14.8 Å². The highest BCUT2D eigenvalue weighted by Crippen LogP contribution is 1.72. The minimum Gasteiger partial charge on any atom is -0.266 e. The first-order valence-electron chi connectivity index (χ1n) is 1.27. The number of hydrogen-bond donors (Lipinski definition) is 0. The Bertz CT molecular complexity index is 45.6. The summed E-state index contributed by atoms with van der Waals surface area (Å²) in [5.74, 6) is 0. The van der Waals surface area contributed by atoms with Crippen LogP contribution in [0.3, 0.4) is 0 Å². The Balaban J connectivity index is 2.32. The molecule has 27 valence electrons. The van der Waals surface area contributed by atoms with Crippen LogP contribution in [0.1, 0.15) is 0 Å². The molecule has 0 spiro atoms. The Hall–Kier alpha value is -0.570. The largest absolute Gasteiger partial charge is 0.425 e. The first-order valence-corrected chi connectivity index (χ1v) is 1.27. The summed E-state index contributed by atoms with van der Waals surface area (Å²) < 4.78 is 0. The maximum absolute atomic E-state index is 4.22. The van der Waals surface area contributed by atoms with Crippen LogP contribution >= 0.6 is 0 Å². The van der Waals surface area contributed by atoms with E-state index in [1.807, 2.05) is 0 Å². The van der Waals surface area contributed by atoms with E-state index >= 15 is 0 Å². The molecule has 1 radical (unpaired) electrons. The summed E-state index contributed by atoms with van der Waals surface area (Å²) in [5.41, 5.74) is 0. The van der Waals surface area contributed by atoms with Gasteiger partial charge >= 0.3 is 13.1 Å². The van der Waals surface area contributed by atoms with Crippen LogP contribution in [0, 0.1) is 0 Å². The number of rotatable bonds is 0. The van der Waals surface area contributed by atoms with E-state index < -0.39 is 0 Å². The van der Waals surface area contributed by atoms with Gasteiger partial charge in [0.15, 0.2) is 0 Å². The van der Waals surface area contributed by atoms with Crippen molar-refractivity contribution < 1.29 is 9.78 Å². The molecule has 0 atom stereocenters. The van der Waals surface area contributed by atoms with Crippen LogP contribution in [0.25, 0.3) is 0 Å². The van der Waals surface area contributed by atoms with E-state index in [9.17, 15) is 0 Å². The van der Waals surface area contributed by atoms with Crippen LogP contribution in [-0.4, -0.2) is 13.1 Å². The molecule has 0 saturated heterocycles. The summed E-state index contributed by atoms with van der Waals surface area (Å²) in [4.78, 5) is 11.9. The lowest BCUT2D eigenvalue weighted by molar-refractivity contribution is -0.196. The van der Waals surface area contributed by atoms with Gasteiger partial charge in [0.1, 0.15) is 0 Å². The monoisotopic (exact) mass is 73.0 g/mol. The molecule has 0 bridgehead atoms. The van der Waals surface area contributed by atoms with E-state index in [1.54, 1.807) is 0 Å². The molecule has 1 heterocycles. The molecule has 0 aromatic rings. The van der Waals surface area contributed by atoms with E-state index in [-0.39, 0.29) is 0 Å². The fourth-order valence-corrected chi connectivity index (χ4v) is 0.152. The summed E-state index contributed by atoms with van der Waals surface area (Å²) in [7, 11) is 0. The first-order chi connectivity index (χ1) is 2.50. The predicted octanol–water partition coefficient (Wildman–Crippen LogP) is -0.730. The highest BCUT2D eigenvalue weighted by molar-refractivity contribution is 5.44. The number of hydrogen-bond acceptors (Lipinski definition) is 3. The molecule has 0 N–H and O–H groups in total. The van der Waals surface area contributed by atoms with Gasteiger partial charge < -0.3 is 0 Å². The fraction of sp³-hybridized carbons (Fsp3) is 0.500. The molecule has 0 fully saturated rings. The highest BCUT2D eigenvalue weighted by atomic mass is 17.2. The minimum absolute atomic E-state index is 0.347. The third kappa shape index (κ3) is 0.357. The first kappa shape index (κ1) is 2.66. The molecule has 0 aromatic heterocycles. The van der Waals surface area contributed by atoms with Crippen LogP contribution in [0.4, 0.5) is 0 Å². The van der Waals surface area contributed by atoms with Crippen LogP contribution in [0.2, 0.25) is 0 Å². The lowest BCUT2D eigenvalue weighted by atomic mass is 11.3. The average Bonchev–Trinajstić information content (AvgIpc) is 1.76. The van der Waals surface area contributed by atoms with Gasteiger partial charge in [0, 0.05) is 0 Å². The Kier molecular flexibility index (Phi) is 0.548. The van der Waals surface area contributed by atoms with Crippen LogP contribution in [-0.2, 0) is 9.78 Å². The van der Waals surface area contributed by atoms with Gasteiger partial charge in [-0.25, -0.2) is 0 Å². The van der Waals surface area contributed by atoms with Gasteiger partial charge in [-0.3, -0.25) is 4.89 Å². The van der Waals surface area contributed by atoms with Crippen molar-refractivity contribution in [2.45, 2.75) is 0 Å². The lowest BCUT2D eigenvalue weighted by Crippen LogP contribution is -1.81. The summed E-state index contributed by atoms with van der Waals surface area (Å²) in [6, 6.07) is 0. The molecule has 5 heavy (non-hydrogen) atoms. The molecular weight excluding hydrogens is 70.0 g/mol. The van der Waals surface area contributed by atoms with Gasteiger partial charge in [-0.1, -0.05) is 0 Å². The Morgan fingerprint density at radius 3 is 3.00 bits per heavy atom. The van der Waals surface area contributed by atoms with E-state index in [4.69, 9.17) is 0 Å². The van der Waals surface area contributed by atoms with Crippen molar-refractivity contribution in [3.05, 3.63) is 0 Å². The van der Waals surface area contributed by atoms with Crippen molar-refractivity contribution in [3.8, 4) is 0 Å². The zero-order chi connectivity index (χ0) is 3.54. The zero-order valence-corrected chi connectivity index (χ0v) is 2.55. The molecule has 1 aliphatic rings. The maximum Gasteiger partial charge on any atom is 0.425 e. The highest BCUT2D eigenvalue weighted by Gasteiger charge is 2.01. The molecule has 0 aromatic carbocycles. The normalized spacial score (nSPS) is 19.2. The van der Waals surface area contributed by atoms with Gasteiger partial charge in [-0.05, 0) is 0 Å². The molecule has 1 aliphatic heterocycles. The molecule has 0 amide bonds. The second-order valence-electron chi connectivity index (χ2n) is 0.631. The van der Waals surface area contributed by atoms with Crippen molar-refractivity contribution >= 4 is 6.40 Å². The molecule has 3 nitrogen and oxygen atoms in total. The van der Waals surface area contributed by atoms with Crippen molar-refractivity contribution in [2.24, 2.45) is 0 Å². The lowest BCUT2D eigenvalue weighted by Gasteiger charge is -1.68. The van der Waals surface area contributed by atoms with E-state index in [1.165, 1.54) is 6.40 Å². The topological polar surface area (TPSA) is 32.6 Å². The van der Waals surface area contributed by atoms with E-state index in [0.717, 1.165) is 0 Å². The smallest absolute Gasteiger partial charge is 0.266 e. The number of aliphatic imine (C=N–C) groups is 1. The molecule has 3 heteroatoms. The van der Waals surface area contributed by atoms with Gasteiger partial charge in [-0.2, -0.15) is 0 Å². The average molecular weight is 73.1 g/mol. The summed E-state index contributed by atoms with van der Waals surface area (Å²) in [5, 5.41) is 0. The second-order valence-corrected chi connectivity index (χ2v) is 0.631. The number of nitrogens with zero attached hydrogens (tertiary/aromatic N) is 1. The molecule has 0 aliphatic carbocycles. The van der Waals surface area contributed by atoms with Gasteiger partial charge in [0.25, 0.3) is 0 Å². The third-order valence-electron chi connectivity index (χ3n) is 0.313. The third-order valence-corrected chi connectivity index (χ3v) is 0.313. The summed E-state index contributed by atoms with van der Waals surface area (Å²) in [6.45, 7) is 0.347. The van der Waals surface area contributed by atoms with Crippen molar-refractivity contribution in [1.82, 2.24) is 4.99 Å².